The van der Waals surface area contributed by atoms with Crippen LogP contribution in [0.25, 0.3) is 0 Å². The van der Waals surface area contributed by atoms with Gasteiger partial charge < -0.3 is 10.6 Å². The Hall–Kier alpha value is -2.36. The van der Waals surface area contributed by atoms with Gasteiger partial charge in [-0.05, 0) is 55.8 Å². The van der Waals surface area contributed by atoms with Crippen LogP contribution in [0.4, 0.5) is 15.8 Å². The molecule has 1 unspecified atom stereocenters. The lowest BCUT2D eigenvalue weighted by atomic mass is 10.2. The van der Waals surface area contributed by atoms with E-state index >= 15 is 0 Å². The van der Waals surface area contributed by atoms with E-state index in [0.29, 0.717) is 17.3 Å². The summed E-state index contributed by atoms with van der Waals surface area (Å²) < 4.78 is 13.1. The SMILES string of the molecule is CCC(C)Nc1ccc(NC(=O)c2cccc(F)c2)cc1. The number of nitrogens with one attached hydrogen (secondary N) is 2. The molecule has 0 bridgehead atoms. The van der Waals surface area contributed by atoms with Gasteiger partial charge in [0.15, 0.2) is 0 Å². The van der Waals surface area contributed by atoms with Crippen LogP contribution in [-0.2, 0) is 0 Å². The van der Waals surface area contributed by atoms with Gasteiger partial charge in [-0.25, -0.2) is 4.39 Å². The summed E-state index contributed by atoms with van der Waals surface area (Å²) >= 11 is 0. The van der Waals surface area contributed by atoms with E-state index in [9.17, 15) is 9.18 Å². The van der Waals surface area contributed by atoms with Crippen LogP contribution in [0, 0.1) is 5.82 Å². The first kappa shape index (κ1) is 15.0. The Labute approximate surface area is 124 Å². The number of hydrogen-bond acceptors (Lipinski definition) is 2. The fourth-order valence-electron chi connectivity index (χ4n) is 1.87. The van der Waals surface area contributed by atoms with Crippen LogP contribution in [0.15, 0.2) is 48.5 Å². The zero-order valence-corrected chi connectivity index (χ0v) is 12.2. The Bertz CT molecular complexity index is 610. The van der Waals surface area contributed by atoms with Crippen molar-refractivity contribution < 1.29 is 9.18 Å². The molecule has 0 aliphatic rings. The molecule has 0 spiro atoms. The van der Waals surface area contributed by atoms with Crippen molar-refractivity contribution in [3.8, 4) is 0 Å². The number of anilines is 2. The van der Waals surface area contributed by atoms with Crippen molar-refractivity contribution in [2.45, 2.75) is 26.3 Å². The molecule has 3 nitrogen and oxygen atoms in total. The molecule has 0 aliphatic carbocycles. The molecule has 1 amide bonds. The van der Waals surface area contributed by atoms with Crippen LogP contribution < -0.4 is 10.6 Å². The molecular weight excluding hydrogens is 267 g/mol. The molecule has 0 radical (unpaired) electrons. The van der Waals surface area contributed by atoms with Crippen LogP contribution in [0.3, 0.4) is 0 Å². The molecule has 4 heteroatoms. The molecule has 2 aromatic rings. The van der Waals surface area contributed by atoms with Crippen molar-refractivity contribution in [2.75, 3.05) is 10.6 Å². The minimum atomic E-state index is -0.421. The first-order valence-corrected chi connectivity index (χ1v) is 7.02. The van der Waals surface area contributed by atoms with Crippen LogP contribution in [0.2, 0.25) is 0 Å². The van der Waals surface area contributed by atoms with Crippen molar-refractivity contribution >= 4 is 17.3 Å². The highest BCUT2D eigenvalue weighted by molar-refractivity contribution is 6.04. The molecule has 2 aromatic carbocycles. The van der Waals surface area contributed by atoms with E-state index in [1.54, 1.807) is 6.07 Å². The number of carbonyl (C=O) groups excluding carboxylic acids is 1. The van der Waals surface area contributed by atoms with Crippen molar-refractivity contribution in [1.82, 2.24) is 0 Å². The second kappa shape index (κ2) is 6.88. The standard InChI is InChI=1S/C17H19FN2O/c1-3-12(2)19-15-7-9-16(10-8-15)20-17(21)13-5-4-6-14(18)11-13/h4-12,19H,3H2,1-2H3,(H,20,21). The van der Waals surface area contributed by atoms with Gasteiger partial charge in [-0.15, -0.1) is 0 Å². The summed E-state index contributed by atoms with van der Waals surface area (Å²) in [6, 6.07) is 13.5. The molecule has 2 N–H and O–H groups in total. The van der Waals surface area contributed by atoms with Crippen molar-refractivity contribution in [3.63, 3.8) is 0 Å². The van der Waals surface area contributed by atoms with Gasteiger partial charge in [0.1, 0.15) is 5.82 Å². The monoisotopic (exact) mass is 286 g/mol. The highest BCUT2D eigenvalue weighted by Gasteiger charge is 2.07. The smallest absolute Gasteiger partial charge is 0.255 e. The third kappa shape index (κ3) is 4.31. The van der Waals surface area contributed by atoms with Gasteiger partial charge >= 0.3 is 0 Å². The van der Waals surface area contributed by atoms with E-state index in [0.717, 1.165) is 12.1 Å². The lowest BCUT2D eigenvalue weighted by Gasteiger charge is -2.13. The Balaban J connectivity index is 2.01. The third-order valence-corrected chi connectivity index (χ3v) is 3.26. The quantitative estimate of drug-likeness (QED) is 0.861. The summed E-state index contributed by atoms with van der Waals surface area (Å²) in [4.78, 5) is 12.0. The first-order valence-electron chi connectivity index (χ1n) is 7.02. The molecular formula is C17H19FN2O. The first-order chi connectivity index (χ1) is 10.1. The number of carbonyl (C=O) groups is 1. The summed E-state index contributed by atoms with van der Waals surface area (Å²) in [6.45, 7) is 4.23. The zero-order valence-electron chi connectivity index (χ0n) is 12.2. The predicted octanol–water partition coefficient (Wildman–Crippen LogP) is 4.29. The molecule has 0 aliphatic heterocycles. The van der Waals surface area contributed by atoms with Gasteiger partial charge in [0, 0.05) is 23.0 Å². The van der Waals surface area contributed by atoms with Gasteiger partial charge in [0.25, 0.3) is 5.91 Å². The highest BCUT2D eigenvalue weighted by Crippen LogP contribution is 2.16. The second-order valence-corrected chi connectivity index (χ2v) is 5.00. The van der Waals surface area contributed by atoms with Crippen LogP contribution in [0.1, 0.15) is 30.6 Å². The van der Waals surface area contributed by atoms with E-state index in [1.165, 1.54) is 18.2 Å². The average Bonchev–Trinajstić information content (AvgIpc) is 2.49. The van der Waals surface area contributed by atoms with E-state index in [-0.39, 0.29) is 5.91 Å². The van der Waals surface area contributed by atoms with Crippen molar-refractivity contribution in [1.29, 1.82) is 0 Å². The van der Waals surface area contributed by atoms with Crippen molar-refractivity contribution in [2.24, 2.45) is 0 Å². The van der Waals surface area contributed by atoms with Crippen LogP contribution in [-0.4, -0.2) is 11.9 Å². The van der Waals surface area contributed by atoms with E-state index in [1.807, 2.05) is 24.3 Å². The van der Waals surface area contributed by atoms with Gasteiger partial charge in [0.2, 0.25) is 0 Å². The Kier molecular flexibility index (Phi) is 4.93. The lowest BCUT2D eigenvalue weighted by molar-refractivity contribution is 0.102. The minimum Gasteiger partial charge on any atom is -0.383 e. The molecule has 0 fully saturated rings. The number of hydrogen-bond donors (Lipinski definition) is 2. The van der Waals surface area contributed by atoms with Crippen LogP contribution in [0.5, 0.6) is 0 Å². The molecule has 0 saturated heterocycles. The molecule has 0 heterocycles. The summed E-state index contributed by atoms with van der Waals surface area (Å²) in [5, 5.41) is 6.10. The fraction of sp³-hybridized carbons (Fsp3) is 0.235. The molecule has 0 aromatic heterocycles. The number of benzene rings is 2. The van der Waals surface area contributed by atoms with E-state index in [2.05, 4.69) is 24.5 Å². The number of halogens is 1. The summed E-state index contributed by atoms with van der Waals surface area (Å²) in [5.41, 5.74) is 1.99. The second-order valence-electron chi connectivity index (χ2n) is 5.00. The Morgan fingerprint density at radius 3 is 2.43 bits per heavy atom. The van der Waals surface area contributed by atoms with Gasteiger partial charge in [-0.3, -0.25) is 4.79 Å². The zero-order chi connectivity index (χ0) is 15.2. The predicted molar refractivity (Wildman–Crippen MR) is 84.2 cm³/mol. The lowest BCUT2D eigenvalue weighted by Crippen LogP contribution is -2.14. The number of rotatable bonds is 5. The Morgan fingerprint density at radius 2 is 1.81 bits per heavy atom. The van der Waals surface area contributed by atoms with Crippen LogP contribution >= 0.6 is 0 Å². The third-order valence-electron chi connectivity index (χ3n) is 3.26. The summed E-state index contributed by atoms with van der Waals surface area (Å²) in [6.07, 6.45) is 1.04. The molecule has 110 valence electrons. The Morgan fingerprint density at radius 1 is 1.14 bits per heavy atom. The number of amides is 1. The average molecular weight is 286 g/mol. The highest BCUT2D eigenvalue weighted by atomic mass is 19.1. The molecule has 0 saturated carbocycles. The van der Waals surface area contributed by atoms with Gasteiger partial charge in [0.05, 0.1) is 0 Å². The molecule has 21 heavy (non-hydrogen) atoms. The molecule has 2 rings (SSSR count). The molecule has 1 atom stereocenters. The normalized spacial score (nSPS) is 11.8. The van der Waals surface area contributed by atoms with Gasteiger partial charge in [-0.1, -0.05) is 13.0 Å². The topological polar surface area (TPSA) is 41.1 Å². The maximum atomic E-state index is 13.1. The fourth-order valence-corrected chi connectivity index (χ4v) is 1.87. The van der Waals surface area contributed by atoms with E-state index < -0.39 is 5.82 Å². The summed E-state index contributed by atoms with van der Waals surface area (Å²) in [5.74, 6) is -0.743. The maximum Gasteiger partial charge on any atom is 0.255 e. The van der Waals surface area contributed by atoms with E-state index in [4.69, 9.17) is 0 Å². The largest absolute Gasteiger partial charge is 0.383 e. The summed E-state index contributed by atoms with van der Waals surface area (Å²) in [7, 11) is 0. The van der Waals surface area contributed by atoms with Gasteiger partial charge in [-0.2, -0.15) is 0 Å². The maximum absolute atomic E-state index is 13.1. The van der Waals surface area contributed by atoms with Crippen molar-refractivity contribution in [3.05, 3.63) is 59.9 Å². The minimum absolute atomic E-state index is 0.303.